The smallest absolute Gasteiger partial charge is 0.282 e. The summed E-state index contributed by atoms with van der Waals surface area (Å²) in [7, 11) is 0. The SMILES string of the molecule is CC(=O)N1CCN(C2CC([C@@H](C(C)C)N3CC4(CCN(c5ncnnc5Oc5ccc(F)cc5-c5cncnc5C5CC5)C4)C3)C2)CC1. The van der Waals surface area contributed by atoms with Crippen molar-refractivity contribution in [1.82, 2.24) is 39.8 Å². The molecule has 3 aliphatic heterocycles. The summed E-state index contributed by atoms with van der Waals surface area (Å²) in [5.74, 6) is 3.03. The van der Waals surface area contributed by atoms with Crippen LogP contribution in [0.2, 0.25) is 0 Å². The van der Waals surface area contributed by atoms with Crippen molar-refractivity contribution < 1.29 is 13.9 Å². The van der Waals surface area contributed by atoms with E-state index in [4.69, 9.17) is 4.74 Å². The summed E-state index contributed by atoms with van der Waals surface area (Å²) in [6, 6.07) is 5.79. The second-order valence-electron chi connectivity index (χ2n) is 15.2. The molecule has 254 valence electrons. The monoisotopic (exact) mass is 655 g/mol. The summed E-state index contributed by atoms with van der Waals surface area (Å²) in [4.78, 5) is 34.8. The number of rotatable bonds is 9. The zero-order chi connectivity index (χ0) is 33.0. The molecule has 3 saturated heterocycles. The van der Waals surface area contributed by atoms with Crippen LogP contribution in [0.15, 0.2) is 37.1 Å². The van der Waals surface area contributed by atoms with Crippen LogP contribution in [0.3, 0.4) is 0 Å². The third-order valence-corrected chi connectivity index (χ3v) is 11.5. The molecule has 0 radical (unpaired) electrons. The van der Waals surface area contributed by atoms with Crippen LogP contribution in [0.4, 0.5) is 10.2 Å². The number of likely N-dealkylation sites (tertiary alicyclic amines) is 1. The molecule has 5 aliphatic rings. The minimum absolute atomic E-state index is 0.195. The van der Waals surface area contributed by atoms with Crippen molar-refractivity contribution in [3.8, 4) is 22.8 Å². The predicted octanol–water partition coefficient (Wildman–Crippen LogP) is 4.62. The molecule has 1 spiro atoms. The van der Waals surface area contributed by atoms with Crippen LogP contribution in [-0.4, -0.2) is 110 Å². The minimum Gasteiger partial charge on any atom is -0.434 e. The number of hydrogen-bond acceptors (Lipinski definition) is 10. The lowest BCUT2D eigenvalue weighted by atomic mass is 9.68. The molecule has 0 bridgehead atoms. The number of aromatic nitrogens is 5. The van der Waals surface area contributed by atoms with Crippen LogP contribution in [0.1, 0.15) is 64.5 Å². The maximum absolute atomic E-state index is 14.6. The molecule has 5 fully saturated rings. The number of carbonyl (C=O) groups is 1. The first-order chi connectivity index (χ1) is 23.3. The fourth-order valence-electron chi connectivity index (χ4n) is 8.95. The van der Waals surface area contributed by atoms with Crippen molar-refractivity contribution in [1.29, 1.82) is 0 Å². The minimum atomic E-state index is -0.346. The molecule has 2 aliphatic carbocycles. The second kappa shape index (κ2) is 12.6. The summed E-state index contributed by atoms with van der Waals surface area (Å²) in [5, 5.41) is 8.43. The summed E-state index contributed by atoms with van der Waals surface area (Å²) in [6.45, 7) is 14.1. The van der Waals surface area contributed by atoms with Crippen LogP contribution in [0, 0.1) is 23.1 Å². The van der Waals surface area contributed by atoms with E-state index in [1.165, 1.54) is 31.3 Å². The van der Waals surface area contributed by atoms with E-state index in [9.17, 15) is 9.18 Å². The Morgan fingerprint density at radius 3 is 2.52 bits per heavy atom. The van der Waals surface area contributed by atoms with Gasteiger partial charge < -0.3 is 14.5 Å². The highest BCUT2D eigenvalue weighted by atomic mass is 19.1. The Morgan fingerprint density at radius 1 is 1.00 bits per heavy atom. The summed E-state index contributed by atoms with van der Waals surface area (Å²) in [6.07, 6.45) is 10.5. The van der Waals surface area contributed by atoms with Crippen LogP contribution < -0.4 is 9.64 Å². The molecule has 2 aromatic heterocycles. The fraction of sp³-hybridized carbons (Fsp3) is 0.611. The Bertz CT molecular complexity index is 1650. The first-order valence-electron chi connectivity index (χ1n) is 17.7. The Balaban J connectivity index is 0.922. The number of amides is 1. The van der Waals surface area contributed by atoms with Gasteiger partial charge in [0, 0.05) is 100 Å². The first-order valence-corrected chi connectivity index (χ1v) is 17.7. The lowest BCUT2D eigenvalue weighted by Gasteiger charge is -2.58. The van der Waals surface area contributed by atoms with Gasteiger partial charge >= 0.3 is 0 Å². The molecular weight excluding hydrogens is 609 g/mol. The molecule has 3 aromatic rings. The molecule has 1 amide bonds. The number of halogens is 1. The van der Waals surface area contributed by atoms with Gasteiger partial charge in [0.05, 0.1) is 5.69 Å². The van der Waals surface area contributed by atoms with E-state index in [1.807, 2.05) is 4.90 Å². The fourth-order valence-corrected chi connectivity index (χ4v) is 8.95. The van der Waals surface area contributed by atoms with Gasteiger partial charge in [-0.3, -0.25) is 14.6 Å². The number of nitrogens with zero attached hydrogens (tertiary/aromatic N) is 9. The average molecular weight is 656 g/mol. The number of anilines is 1. The van der Waals surface area contributed by atoms with Gasteiger partial charge in [0.25, 0.3) is 5.88 Å². The standard InChI is InChI=1S/C36H46FN9O2/c1-23(2)33(26-14-28(15-26)44-12-10-43(11-13-44)24(3)47)46-19-36(20-46)8-9-45(18-36)34-35(42-41-22-40-34)48-31-7-6-27(37)16-29(31)30-17-38-21-39-32(30)25-4-5-25/h6-7,16-17,21-23,25-26,28,33H,4-5,8-15,18-20H2,1-3H3/t26?,28?,33-/m1/s1. The van der Waals surface area contributed by atoms with E-state index in [0.717, 1.165) is 88.8 Å². The van der Waals surface area contributed by atoms with E-state index < -0.39 is 0 Å². The van der Waals surface area contributed by atoms with Crippen LogP contribution >= 0.6 is 0 Å². The van der Waals surface area contributed by atoms with E-state index in [0.29, 0.717) is 46.9 Å². The highest BCUT2D eigenvalue weighted by Crippen LogP contribution is 2.49. The van der Waals surface area contributed by atoms with E-state index in [1.54, 1.807) is 25.5 Å². The Hall–Kier alpha value is -3.77. The van der Waals surface area contributed by atoms with E-state index >= 15 is 0 Å². The number of hydrogen-bond donors (Lipinski definition) is 0. The molecule has 1 aromatic carbocycles. The number of benzene rings is 1. The Morgan fingerprint density at radius 2 is 1.79 bits per heavy atom. The van der Waals surface area contributed by atoms with Gasteiger partial charge in [0.1, 0.15) is 24.2 Å². The van der Waals surface area contributed by atoms with Crippen molar-refractivity contribution in [2.24, 2.45) is 17.3 Å². The zero-order valence-electron chi connectivity index (χ0n) is 28.3. The van der Waals surface area contributed by atoms with Gasteiger partial charge in [0.2, 0.25) is 5.91 Å². The average Bonchev–Trinajstić information content (AvgIpc) is 3.81. The lowest BCUT2D eigenvalue weighted by Crippen LogP contribution is -2.66. The number of carbonyl (C=O) groups excluding carboxylic acids is 1. The van der Waals surface area contributed by atoms with Crippen molar-refractivity contribution >= 4 is 11.7 Å². The van der Waals surface area contributed by atoms with Crippen LogP contribution in [-0.2, 0) is 4.79 Å². The summed E-state index contributed by atoms with van der Waals surface area (Å²) >= 11 is 0. The predicted molar refractivity (Wildman–Crippen MR) is 179 cm³/mol. The largest absolute Gasteiger partial charge is 0.434 e. The van der Waals surface area contributed by atoms with Crippen molar-refractivity contribution in [3.63, 3.8) is 0 Å². The molecule has 12 heteroatoms. The summed E-state index contributed by atoms with van der Waals surface area (Å²) in [5.41, 5.74) is 2.55. The highest BCUT2D eigenvalue weighted by molar-refractivity contribution is 5.74. The van der Waals surface area contributed by atoms with Gasteiger partial charge in [0.15, 0.2) is 5.82 Å². The van der Waals surface area contributed by atoms with Crippen LogP contribution in [0.25, 0.3) is 11.1 Å². The molecule has 11 nitrogen and oxygen atoms in total. The quantitative estimate of drug-likeness (QED) is 0.325. The maximum Gasteiger partial charge on any atom is 0.282 e. The lowest BCUT2D eigenvalue weighted by molar-refractivity contribution is -0.132. The van der Waals surface area contributed by atoms with Crippen molar-refractivity contribution in [2.45, 2.75) is 70.9 Å². The molecule has 0 unspecified atom stereocenters. The van der Waals surface area contributed by atoms with Crippen LogP contribution in [0.5, 0.6) is 11.6 Å². The normalized spacial score (nSPS) is 24.9. The molecule has 1 atom stereocenters. The van der Waals surface area contributed by atoms with Gasteiger partial charge in [-0.05, 0) is 62.1 Å². The Labute approximate surface area is 281 Å². The molecule has 2 saturated carbocycles. The maximum atomic E-state index is 14.6. The highest BCUT2D eigenvalue weighted by Gasteiger charge is 2.53. The first kappa shape index (κ1) is 31.5. The van der Waals surface area contributed by atoms with E-state index in [-0.39, 0.29) is 17.1 Å². The zero-order valence-corrected chi connectivity index (χ0v) is 28.3. The topological polar surface area (TPSA) is 104 Å². The Kier molecular flexibility index (Phi) is 8.27. The third kappa shape index (κ3) is 6.02. The molecule has 8 rings (SSSR count). The van der Waals surface area contributed by atoms with Gasteiger partial charge in [-0.15, -0.1) is 10.2 Å². The van der Waals surface area contributed by atoms with Gasteiger partial charge in [-0.2, -0.15) is 0 Å². The summed E-state index contributed by atoms with van der Waals surface area (Å²) < 4.78 is 21.0. The third-order valence-electron chi connectivity index (χ3n) is 11.5. The molecule has 0 N–H and O–H groups in total. The molecular formula is C36H46FN9O2. The van der Waals surface area contributed by atoms with Gasteiger partial charge in [-0.25, -0.2) is 19.3 Å². The van der Waals surface area contributed by atoms with E-state index in [2.05, 4.69) is 53.7 Å². The van der Waals surface area contributed by atoms with Crippen molar-refractivity contribution in [2.75, 3.05) is 57.3 Å². The molecule has 48 heavy (non-hydrogen) atoms. The second-order valence-corrected chi connectivity index (χ2v) is 15.2. The number of piperazine rings is 1. The van der Waals surface area contributed by atoms with Crippen molar-refractivity contribution in [3.05, 3.63) is 48.6 Å². The molecule has 5 heterocycles. The van der Waals surface area contributed by atoms with Gasteiger partial charge in [-0.1, -0.05) is 13.8 Å². The number of ether oxygens (including phenoxy) is 1.